The van der Waals surface area contributed by atoms with E-state index < -0.39 is 0 Å². The van der Waals surface area contributed by atoms with Crippen LogP contribution in [0.25, 0.3) is 22.3 Å². The van der Waals surface area contributed by atoms with Crippen LogP contribution >= 0.6 is 0 Å². The number of phenolic OH excluding ortho intramolecular Hbond substituents is 2. The van der Waals surface area contributed by atoms with Crippen LogP contribution in [-0.4, -0.2) is 17.3 Å². The van der Waals surface area contributed by atoms with E-state index >= 15 is 0 Å². The van der Waals surface area contributed by atoms with Crippen molar-refractivity contribution >= 4 is 11.0 Å². The topological polar surface area (TPSA) is 72.1 Å². The highest BCUT2D eigenvalue weighted by Crippen LogP contribution is 2.43. The van der Waals surface area contributed by atoms with Crippen molar-refractivity contribution in [2.75, 3.05) is 7.11 Å². The number of methoxy groups -OCH3 is 1. The largest absolute Gasteiger partial charge is 0.508 e. The standard InChI is InChI=1S/C20H18O5/c1-11-4-3-5-15-19(24-11)10-18(23-2)16-9-17(25-20(15)16)12-6-13(21)8-14(22)7-12/h4,6-10,21-22H,3,5H2,1-2H3. The Hall–Kier alpha value is -3.08. The minimum atomic E-state index is -0.0237. The summed E-state index contributed by atoms with van der Waals surface area (Å²) in [6.45, 7) is 1.93. The van der Waals surface area contributed by atoms with Crippen LogP contribution in [0.2, 0.25) is 0 Å². The zero-order chi connectivity index (χ0) is 17.6. The van der Waals surface area contributed by atoms with Crippen LogP contribution < -0.4 is 9.47 Å². The first-order valence-electron chi connectivity index (χ1n) is 8.06. The summed E-state index contributed by atoms with van der Waals surface area (Å²) in [4.78, 5) is 0. The predicted octanol–water partition coefficient (Wildman–Crippen LogP) is 4.75. The number of phenols is 2. The summed E-state index contributed by atoms with van der Waals surface area (Å²) >= 11 is 0. The number of aromatic hydroxyl groups is 2. The smallest absolute Gasteiger partial charge is 0.145 e. The molecule has 0 saturated heterocycles. The Morgan fingerprint density at radius 3 is 2.52 bits per heavy atom. The van der Waals surface area contributed by atoms with Crippen molar-refractivity contribution in [3.63, 3.8) is 0 Å². The second kappa shape index (κ2) is 5.77. The molecule has 25 heavy (non-hydrogen) atoms. The van der Waals surface area contributed by atoms with Gasteiger partial charge in [0.15, 0.2) is 0 Å². The molecule has 5 heteroatoms. The molecular formula is C20H18O5. The zero-order valence-corrected chi connectivity index (χ0v) is 14.0. The molecule has 2 heterocycles. The maximum atomic E-state index is 9.74. The van der Waals surface area contributed by atoms with Crippen molar-refractivity contribution in [3.05, 3.63) is 47.7 Å². The van der Waals surface area contributed by atoms with Crippen LogP contribution in [0.3, 0.4) is 0 Å². The Morgan fingerprint density at radius 2 is 1.80 bits per heavy atom. The van der Waals surface area contributed by atoms with E-state index in [0.717, 1.165) is 35.3 Å². The number of rotatable bonds is 2. The van der Waals surface area contributed by atoms with Crippen LogP contribution in [0.4, 0.5) is 0 Å². The first-order valence-corrected chi connectivity index (χ1v) is 8.06. The molecule has 0 unspecified atom stereocenters. The van der Waals surface area contributed by atoms with E-state index in [1.807, 2.05) is 19.1 Å². The van der Waals surface area contributed by atoms with E-state index in [9.17, 15) is 10.2 Å². The molecule has 5 nitrogen and oxygen atoms in total. The van der Waals surface area contributed by atoms with Gasteiger partial charge in [0, 0.05) is 23.3 Å². The molecule has 0 atom stereocenters. The lowest BCUT2D eigenvalue weighted by molar-refractivity contribution is 0.403. The summed E-state index contributed by atoms with van der Waals surface area (Å²) in [5, 5.41) is 20.3. The van der Waals surface area contributed by atoms with Gasteiger partial charge in [-0.25, -0.2) is 0 Å². The number of allylic oxidation sites excluding steroid dienone is 2. The van der Waals surface area contributed by atoms with Crippen molar-refractivity contribution in [2.45, 2.75) is 19.8 Å². The number of benzene rings is 2. The minimum absolute atomic E-state index is 0.0237. The van der Waals surface area contributed by atoms with E-state index in [1.54, 1.807) is 19.2 Å². The first kappa shape index (κ1) is 15.4. The number of hydrogen-bond acceptors (Lipinski definition) is 5. The Morgan fingerprint density at radius 1 is 1.04 bits per heavy atom. The molecule has 0 radical (unpaired) electrons. The lowest BCUT2D eigenvalue weighted by atomic mass is 10.0. The normalized spacial score (nSPS) is 13.8. The number of aryl methyl sites for hydroxylation is 1. The van der Waals surface area contributed by atoms with Gasteiger partial charge in [-0.3, -0.25) is 0 Å². The van der Waals surface area contributed by atoms with E-state index in [-0.39, 0.29) is 11.5 Å². The molecule has 128 valence electrons. The Bertz CT molecular complexity index is 977. The molecule has 0 spiro atoms. The molecule has 2 N–H and O–H groups in total. The van der Waals surface area contributed by atoms with Gasteiger partial charge in [-0.05, 0) is 44.0 Å². The highest BCUT2D eigenvalue weighted by Gasteiger charge is 2.21. The van der Waals surface area contributed by atoms with Gasteiger partial charge in [-0.2, -0.15) is 0 Å². The molecule has 0 amide bonds. The van der Waals surface area contributed by atoms with E-state index in [2.05, 4.69) is 6.08 Å². The van der Waals surface area contributed by atoms with Gasteiger partial charge in [-0.15, -0.1) is 0 Å². The summed E-state index contributed by atoms with van der Waals surface area (Å²) in [5.41, 5.74) is 2.28. The van der Waals surface area contributed by atoms with Crippen molar-refractivity contribution in [2.24, 2.45) is 0 Å². The zero-order valence-electron chi connectivity index (χ0n) is 14.0. The summed E-state index contributed by atoms with van der Waals surface area (Å²) < 4.78 is 17.5. The number of hydrogen-bond donors (Lipinski definition) is 2. The third-order valence-corrected chi connectivity index (χ3v) is 4.34. The van der Waals surface area contributed by atoms with Gasteiger partial charge >= 0.3 is 0 Å². The maximum Gasteiger partial charge on any atom is 0.145 e. The van der Waals surface area contributed by atoms with Crippen molar-refractivity contribution in [1.29, 1.82) is 0 Å². The highest BCUT2D eigenvalue weighted by atomic mass is 16.5. The van der Waals surface area contributed by atoms with Crippen molar-refractivity contribution < 1.29 is 24.1 Å². The fourth-order valence-corrected chi connectivity index (χ4v) is 3.21. The molecular weight excluding hydrogens is 320 g/mol. The second-order valence-electron chi connectivity index (χ2n) is 6.10. The quantitative estimate of drug-likeness (QED) is 0.705. The molecule has 2 aromatic carbocycles. The van der Waals surface area contributed by atoms with Crippen LogP contribution in [0.1, 0.15) is 18.9 Å². The summed E-state index contributed by atoms with van der Waals surface area (Å²) in [5.74, 6) is 2.73. The third-order valence-electron chi connectivity index (χ3n) is 4.34. The van der Waals surface area contributed by atoms with Gasteiger partial charge in [-0.1, -0.05) is 0 Å². The molecule has 1 aromatic heterocycles. The summed E-state index contributed by atoms with van der Waals surface area (Å²) in [7, 11) is 1.60. The van der Waals surface area contributed by atoms with Crippen molar-refractivity contribution in [1.82, 2.24) is 0 Å². The number of ether oxygens (including phenoxy) is 2. The molecule has 1 aliphatic rings. The molecule has 0 bridgehead atoms. The third kappa shape index (κ3) is 2.67. The Kier molecular flexibility index (Phi) is 3.57. The number of furan rings is 1. The van der Waals surface area contributed by atoms with E-state index in [1.165, 1.54) is 6.07 Å². The van der Waals surface area contributed by atoms with Gasteiger partial charge in [0.05, 0.1) is 18.3 Å². The molecule has 0 aliphatic carbocycles. The monoisotopic (exact) mass is 338 g/mol. The van der Waals surface area contributed by atoms with Crippen LogP contribution in [0, 0.1) is 0 Å². The fraction of sp³-hybridized carbons (Fsp3) is 0.200. The van der Waals surface area contributed by atoms with Gasteiger partial charge in [0.2, 0.25) is 0 Å². The summed E-state index contributed by atoms with van der Waals surface area (Å²) in [6, 6.07) is 8.10. The molecule has 3 aromatic rings. The van der Waals surface area contributed by atoms with Crippen LogP contribution in [-0.2, 0) is 6.42 Å². The summed E-state index contributed by atoms with van der Waals surface area (Å²) in [6.07, 6.45) is 3.71. The lowest BCUT2D eigenvalue weighted by Gasteiger charge is -2.11. The Balaban J connectivity index is 1.94. The maximum absolute atomic E-state index is 9.74. The average molecular weight is 338 g/mol. The average Bonchev–Trinajstić information content (AvgIpc) is 2.92. The second-order valence-corrected chi connectivity index (χ2v) is 6.10. The van der Waals surface area contributed by atoms with Crippen LogP contribution in [0.5, 0.6) is 23.0 Å². The van der Waals surface area contributed by atoms with Gasteiger partial charge in [0.1, 0.15) is 34.3 Å². The Labute approximate surface area is 144 Å². The molecule has 0 saturated carbocycles. The van der Waals surface area contributed by atoms with Crippen LogP contribution in [0.15, 0.2) is 46.6 Å². The highest BCUT2D eigenvalue weighted by molar-refractivity contribution is 5.92. The lowest BCUT2D eigenvalue weighted by Crippen LogP contribution is -1.94. The van der Waals surface area contributed by atoms with Gasteiger partial charge in [0.25, 0.3) is 0 Å². The SMILES string of the molecule is COc1cc2c(c3oc(-c4cc(O)cc(O)c4)cc13)CCC=C(C)O2. The van der Waals surface area contributed by atoms with Crippen molar-refractivity contribution in [3.8, 4) is 34.3 Å². The van der Waals surface area contributed by atoms with E-state index in [0.29, 0.717) is 22.7 Å². The molecule has 1 aliphatic heterocycles. The molecule has 4 rings (SSSR count). The van der Waals surface area contributed by atoms with Gasteiger partial charge < -0.3 is 24.1 Å². The number of fused-ring (bicyclic) bond motifs is 3. The van der Waals surface area contributed by atoms with E-state index in [4.69, 9.17) is 13.9 Å². The fourth-order valence-electron chi connectivity index (χ4n) is 3.21. The molecule has 0 fully saturated rings. The minimum Gasteiger partial charge on any atom is -0.508 e. The first-order chi connectivity index (χ1) is 12.0. The predicted molar refractivity (Wildman–Crippen MR) is 94.2 cm³/mol.